The van der Waals surface area contributed by atoms with E-state index < -0.39 is 0 Å². The van der Waals surface area contributed by atoms with Crippen molar-refractivity contribution < 1.29 is 0 Å². The molecule has 1 aliphatic rings. The zero-order valence-electron chi connectivity index (χ0n) is 13.5. The molecule has 0 amide bonds. The summed E-state index contributed by atoms with van der Waals surface area (Å²) in [7, 11) is 0. The van der Waals surface area contributed by atoms with Gasteiger partial charge in [0.05, 0.1) is 0 Å². The van der Waals surface area contributed by atoms with Gasteiger partial charge in [-0.3, -0.25) is 0 Å². The molecular weight excluding hydrogens is 288 g/mol. The summed E-state index contributed by atoms with van der Waals surface area (Å²) in [6.07, 6.45) is 2.17. The highest BCUT2D eigenvalue weighted by Gasteiger charge is 2.12. The highest BCUT2D eigenvalue weighted by atomic mass is 14.2. The molecule has 114 valence electrons. The Morgan fingerprint density at radius 2 is 1.00 bits per heavy atom. The monoisotopic (exact) mass is 306 g/mol. The number of hydrogen-bond acceptors (Lipinski definition) is 0. The largest absolute Gasteiger partial charge is 0.0614 e. The molecule has 0 N–H and O–H groups in total. The Kier molecular flexibility index (Phi) is 3.02. The van der Waals surface area contributed by atoms with Gasteiger partial charge < -0.3 is 0 Å². The lowest BCUT2D eigenvalue weighted by atomic mass is 9.91. The first-order chi connectivity index (χ1) is 11.9. The maximum Gasteiger partial charge on any atom is -0.00268 e. The van der Waals surface area contributed by atoms with Gasteiger partial charge >= 0.3 is 0 Å². The van der Waals surface area contributed by atoms with E-state index in [9.17, 15) is 0 Å². The predicted molar refractivity (Wildman–Crippen MR) is 102 cm³/mol. The highest BCUT2D eigenvalue weighted by Crippen LogP contribution is 2.37. The van der Waals surface area contributed by atoms with Crippen molar-refractivity contribution in [3.8, 4) is 22.3 Å². The Hall–Kier alpha value is -2.86. The van der Waals surface area contributed by atoms with Crippen LogP contribution in [0.1, 0.15) is 11.1 Å². The van der Waals surface area contributed by atoms with E-state index in [2.05, 4.69) is 84.9 Å². The van der Waals surface area contributed by atoms with Crippen LogP contribution in [-0.2, 0) is 12.8 Å². The van der Waals surface area contributed by atoms with Crippen molar-refractivity contribution in [3.63, 3.8) is 0 Å². The summed E-state index contributed by atoms with van der Waals surface area (Å²) in [5, 5.41) is 2.66. The van der Waals surface area contributed by atoms with Gasteiger partial charge in [0.2, 0.25) is 0 Å². The first kappa shape index (κ1) is 13.6. The van der Waals surface area contributed by atoms with Gasteiger partial charge in [-0.25, -0.2) is 0 Å². The maximum absolute atomic E-state index is 2.36. The molecule has 4 bridgehead atoms. The van der Waals surface area contributed by atoms with Crippen molar-refractivity contribution in [1.82, 2.24) is 0 Å². The average Bonchev–Trinajstić information content (AvgIpc) is 2.66. The molecule has 24 heavy (non-hydrogen) atoms. The van der Waals surface area contributed by atoms with Crippen molar-refractivity contribution in [2.45, 2.75) is 12.8 Å². The highest BCUT2D eigenvalue weighted by molar-refractivity contribution is 6.06. The molecule has 0 nitrogen and oxygen atoms in total. The minimum absolute atomic E-state index is 1.09. The van der Waals surface area contributed by atoms with Crippen molar-refractivity contribution in [2.75, 3.05) is 0 Å². The summed E-state index contributed by atoms with van der Waals surface area (Å²) < 4.78 is 0. The molecule has 5 rings (SSSR count). The van der Waals surface area contributed by atoms with Crippen molar-refractivity contribution in [3.05, 3.63) is 96.1 Å². The van der Waals surface area contributed by atoms with Crippen LogP contribution in [0.15, 0.2) is 84.9 Å². The van der Waals surface area contributed by atoms with Gasteiger partial charge in [-0.2, -0.15) is 0 Å². The molecule has 0 aromatic heterocycles. The Morgan fingerprint density at radius 3 is 1.54 bits per heavy atom. The van der Waals surface area contributed by atoms with E-state index in [4.69, 9.17) is 0 Å². The van der Waals surface area contributed by atoms with E-state index in [-0.39, 0.29) is 0 Å². The van der Waals surface area contributed by atoms with Gasteiger partial charge in [-0.1, -0.05) is 84.9 Å². The van der Waals surface area contributed by atoms with Gasteiger partial charge in [0.1, 0.15) is 0 Å². The van der Waals surface area contributed by atoms with Crippen molar-refractivity contribution >= 4 is 10.8 Å². The molecule has 0 saturated carbocycles. The fraction of sp³-hybridized carbons (Fsp3) is 0.0833. The summed E-state index contributed by atoms with van der Waals surface area (Å²) in [5.74, 6) is 0. The van der Waals surface area contributed by atoms with Crippen LogP contribution in [0.3, 0.4) is 0 Å². The van der Waals surface area contributed by atoms with Crippen LogP contribution in [0.25, 0.3) is 33.0 Å². The van der Waals surface area contributed by atoms with E-state index >= 15 is 0 Å². The first-order valence-corrected chi connectivity index (χ1v) is 8.59. The second-order valence-electron chi connectivity index (χ2n) is 6.61. The third kappa shape index (κ3) is 2.15. The Balaban J connectivity index is 1.95. The lowest BCUT2D eigenvalue weighted by Gasteiger charge is -2.13. The molecule has 0 unspecified atom stereocenters. The fourth-order valence-electron chi connectivity index (χ4n) is 3.90. The standard InChI is InChI=1S/C24H18/c1-5-17-13-14-18-6-2-10-21(16-18)23-12-4-8-19-7-3-11-22(24(19)23)20(9-1)15-17/h1-12,15-16H,13-14H2. The molecule has 1 aliphatic carbocycles. The average molecular weight is 306 g/mol. The Labute approximate surface area is 142 Å². The van der Waals surface area contributed by atoms with E-state index in [0.717, 1.165) is 12.8 Å². The molecule has 0 heterocycles. The Bertz CT molecular complexity index is 974. The van der Waals surface area contributed by atoms with Crippen LogP contribution in [0.5, 0.6) is 0 Å². The third-order valence-electron chi connectivity index (χ3n) is 5.08. The minimum atomic E-state index is 1.09. The number of fused-ring (bicyclic) bond motifs is 6. The zero-order valence-corrected chi connectivity index (χ0v) is 13.5. The molecule has 0 atom stereocenters. The molecule has 4 aromatic rings. The fourth-order valence-corrected chi connectivity index (χ4v) is 3.90. The van der Waals surface area contributed by atoms with Crippen LogP contribution in [-0.4, -0.2) is 0 Å². The van der Waals surface area contributed by atoms with E-state index in [1.54, 1.807) is 0 Å². The molecule has 0 saturated heterocycles. The molecular formula is C24H18. The van der Waals surface area contributed by atoms with Gasteiger partial charge in [-0.05, 0) is 57.0 Å². The smallest absolute Gasteiger partial charge is 0.00268 e. The van der Waals surface area contributed by atoms with Crippen LogP contribution >= 0.6 is 0 Å². The second-order valence-corrected chi connectivity index (χ2v) is 6.61. The van der Waals surface area contributed by atoms with Crippen LogP contribution in [0.4, 0.5) is 0 Å². The number of rotatable bonds is 0. The lowest BCUT2D eigenvalue weighted by Crippen LogP contribution is -1.91. The van der Waals surface area contributed by atoms with Gasteiger partial charge in [0.15, 0.2) is 0 Å². The van der Waals surface area contributed by atoms with Crippen molar-refractivity contribution in [2.24, 2.45) is 0 Å². The summed E-state index contributed by atoms with van der Waals surface area (Å²) >= 11 is 0. The van der Waals surface area contributed by atoms with Gasteiger partial charge in [0, 0.05) is 0 Å². The minimum Gasteiger partial charge on any atom is -0.0614 e. The molecule has 0 aliphatic heterocycles. The maximum atomic E-state index is 2.36. The topological polar surface area (TPSA) is 0 Å². The molecule has 0 fully saturated rings. The summed E-state index contributed by atoms with van der Waals surface area (Å²) in [6, 6.07) is 31.4. The first-order valence-electron chi connectivity index (χ1n) is 8.59. The van der Waals surface area contributed by atoms with Crippen LogP contribution in [0.2, 0.25) is 0 Å². The summed E-state index contributed by atoms with van der Waals surface area (Å²) in [4.78, 5) is 0. The number of hydrogen-bond donors (Lipinski definition) is 0. The number of benzene rings is 4. The normalized spacial score (nSPS) is 12.7. The van der Waals surface area contributed by atoms with Gasteiger partial charge in [-0.15, -0.1) is 0 Å². The van der Waals surface area contributed by atoms with E-state index in [0.29, 0.717) is 0 Å². The predicted octanol–water partition coefficient (Wildman–Crippen LogP) is 6.27. The molecule has 0 radical (unpaired) electrons. The quantitative estimate of drug-likeness (QED) is 0.359. The third-order valence-corrected chi connectivity index (χ3v) is 5.08. The lowest BCUT2D eigenvalue weighted by molar-refractivity contribution is 0.961. The molecule has 0 heteroatoms. The summed E-state index contributed by atoms with van der Waals surface area (Å²) in [6.45, 7) is 0. The van der Waals surface area contributed by atoms with Crippen LogP contribution in [0, 0.1) is 0 Å². The number of aryl methyl sites for hydroxylation is 2. The van der Waals surface area contributed by atoms with Crippen LogP contribution < -0.4 is 0 Å². The van der Waals surface area contributed by atoms with E-state index in [1.807, 2.05) is 0 Å². The molecule has 4 aromatic carbocycles. The van der Waals surface area contributed by atoms with E-state index in [1.165, 1.54) is 44.2 Å². The zero-order chi connectivity index (χ0) is 15.9. The summed E-state index contributed by atoms with van der Waals surface area (Å²) in [5.41, 5.74) is 8.12. The Morgan fingerprint density at radius 1 is 0.500 bits per heavy atom. The van der Waals surface area contributed by atoms with Crippen molar-refractivity contribution in [1.29, 1.82) is 0 Å². The SMILES string of the molecule is c1cc2cc(c1)-c1cccc3cccc(c13)-c1cccc(c1)CC2. The van der Waals surface area contributed by atoms with Gasteiger partial charge in [0.25, 0.3) is 0 Å². The second kappa shape index (κ2) is 5.35. The molecule has 0 spiro atoms.